The van der Waals surface area contributed by atoms with Gasteiger partial charge >= 0.3 is 5.97 Å². The summed E-state index contributed by atoms with van der Waals surface area (Å²) in [6.45, 7) is 0.682. The molecule has 0 aromatic heterocycles. The normalized spacial score (nSPS) is 35.1. The molecule has 1 aliphatic heterocycles. The van der Waals surface area contributed by atoms with Gasteiger partial charge in [-0.3, -0.25) is 4.79 Å². The van der Waals surface area contributed by atoms with Crippen LogP contribution in [0.15, 0.2) is 11.8 Å². The molecule has 2 N–H and O–H groups in total. The molecule has 1 aliphatic carbocycles. The number of ether oxygens (including phenoxy) is 1. The third-order valence-corrected chi connectivity index (χ3v) is 3.77. The molecule has 0 bridgehead atoms. The van der Waals surface area contributed by atoms with Crippen LogP contribution in [0.2, 0.25) is 0 Å². The number of aliphatic hydroxyl groups excluding tert-OH is 1. The smallest absolute Gasteiger partial charge is 0.313 e. The van der Waals surface area contributed by atoms with Gasteiger partial charge in [-0.25, -0.2) is 0 Å². The molecule has 0 unspecified atom stereocenters. The van der Waals surface area contributed by atoms with Crippen LogP contribution in [0.5, 0.6) is 0 Å². The number of carboxylic acids is 1. The van der Waals surface area contributed by atoms with Crippen LogP contribution in [-0.4, -0.2) is 28.9 Å². The van der Waals surface area contributed by atoms with Crippen molar-refractivity contribution in [2.24, 2.45) is 5.41 Å². The predicted octanol–water partition coefficient (Wildman–Crippen LogP) is 1.69. The SMILES string of the molecule is O=C(O)C1(C2=COCCC2)CCC(O)CC1. The van der Waals surface area contributed by atoms with E-state index in [9.17, 15) is 15.0 Å². The van der Waals surface area contributed by atoms with Crippen LogP contribution in [0, 0.1) is 5.41 Å². The van der Waals surface area contributed by atoms with Gasteiger partial charge in [0.15, 0.2) is 0 Å². The minimum Gasteiger partial charge on any atom is -0.501 e. The van der Waals surface area contributed by atoms with E-state index in [1.807, 2.05) is 0 Å². The first-order valence-electron chi connectivity index (χ1n) is 5.88. The van der Waals surface area contributed by atoms with Crippen LogP contribution in [0.25, 0.3) is 0 Å². The Kier molecular flexibility index (Phi) is 3.19. The molecule has 0 saturated heterocycles. The molecule has 2 aliphatic rings. The summed E-state index contributed by atoms with van der Waals surface area (Å²) in [5.74, 6) is -0.767. The summed E-state index contributed by atoms with van der Waals surface area (Å²) in [5, 5.41) is 18.9. The maximum atomic E-state index is 11.5. The van der Waals surface area contributed by atoms with E-state index in [0.717, 1.165) is 18.4 Å². The lowest BCUT2D eigenvalue weighted by molar-refractivity contribution is -0.149. The van der Waals surface area contributed by atoms with Gasteiger partial charge in [0.2, 0.25) is 0 Å². The molecular formula is C12H18O4. The molecule has 0 radical (unpaired) electrons. The molecule has 2 rings (SSSR count). The van der Waals surface area contributed by atoms with Crippen molar-refractivity contribution in [1.29, 1.82) is 0 Å². The Hall–Kier alpha value is -1.03. The van der Waals surface area contributed by atoms with Crippen LogP contribution in [0.4, 0.5) is 0 Å². The molecule has 1 saturated carbocycles. The zero-order valence-corrected chi connectivity index (χ0v) is 9.32. The van der Waals surface area contributed by atoms with E-state index in [0.29, 0.717) is 32.3 Å². The van der Waals surface area contributed by atoms with Crippen LogP contribution in [-0.2, 0) is 9.53 Å². The number of hydrogen-bond donors (Lipinski definition) is 2. The van der Waals surface area contributed by atoms with Gasteiger partial charge in [-0.05, 0) is 44.1 Å². The van der Waals surface area contributed by atoms with Crippen molar-refractivity contribution in [2.45, 2.75) is 44.6 Å². The van der Waals surface area contributed by atoms with Gasteiger partial charge in [0.05, 0.1) is 24.4 Å². The number of carbonyl (C=O) groups is 1. The Labute approximate surface area is 94.9 Å². The second-order valence-corrected chi connectivity index (χ2v) is 4.74. The fourth-order valence-corrected chi connectivity index (χ4v) is 2.68. The molecule has 4 nitrogen and oxygen atoms in total. The molecule has 0 aromatic carbocycles. The minimum absolute atomic E-state index is 0.336. The quantitative estimate of drug-likeness (QED) is 0.752. The summed E-state index contributed by atoms with van der Waals surface area (Å²) in [5.41, 5.74) is 0.123. The van der Waals surface area contributed by atoms with Crippen molar-refractivity contribution < 1.29 is 19.7 Å². The second-order valence-electron chi connectivity index (χ2n) is 4.74. The van der Waals surface area contributed by atoms with Crippen molar-refractivity contribution in [3.63, 3.8) is 0 Å². The van der Waals surface area contributed by atoms with Crippen molar-refractivity contribution in [2.75, 3.05) is 6.61 Å². The fourth-order valence-electron chi connectivity index (χ4n) is 2.68. The van der Waals surface area contributed by atoms with Gasteiger partial charge in [-0.2, -0.15) is 0 Å². The van der Waals surface area contributed by atoms with Crippen molar-refractivity contribution in [3.8, 4) is 0 Å². The van der Waals surface area contributed by atoms with Crippen molar-refractivity contribution >= 4 is 5.97 Å². The van der Waals surface area contributed by atoms with Gasteiger partial charge in [-0.1, -0.05) is 0 Å². The molecule has 1 fully saturated rings. The van der Waals surface area contributed by atoms with Gasteiger partial charge in [0.1, 0.15) is 0 Å². The minimum atomic E-state index is -0.778. The molecule has 0 aromatic rings. The zero-order chi connectivity index (χ0) is 11.6. The number of aliphatic hydroxyl groups is 1. The number of hydrogen-bond acceptors (Lipinski definition) is 3. The van der Waals surface area contributed by atoms with E-state index in [1.54, 1.807) is 6.26 Å². The van der Waals surface area contributed by atoms with Crippen molar-refractivity contribution in [1.82, 2.24) is 0 Å². The number of carboxylic acid groups (broad SMARTS) is 1. The second kappa shape index (κ2) is 4.45. The molecule has 90 valence electrons. The Bertz CT molecular complexity index is 300. The summed E-state index contributed by atoms with van der Waals surface area (Å²) in [6, 6.07) is 0. The number of aliphatic carboxylic acids is 1. The van der Waals surface area contributed by atoms with E-state index < -0.39 is 11.4 Å². The largest absolute Gasteiger partial charge is 0.501 e. The fraction of sp³-hybridized carbons (Fsp3) is 0.750. The predicted molar refractivity (Wildman–Crippen MR) is 57.8 cm³/mol. The molecule has 1 heterocycles. The van der Waals surface area contributed by atoms with Crippen LogP contribution < -0.4 is 0 Å². The Morgan fingerprint density at radius 1 is 1.44 bits per heavy atom. The van der Waals surface area contributed by atoms with Gasteiger partial charge < -0.3 is 14.9 Å². The molecule has 0 amide bonds. The monoisotopic (exact) mass is 226 g/mol. The highest BCUT2D eigenvalue weighted by Gasteiger charge is 2.45. The van der Waals surface area contributed by atoms with Crippen LogP contribution >= 0.6 is 0 Å². The Balaban J connectivity index is 2.21. The molecule has 16 heavy (non-hydrogen) atoms. The molecule has 0 spiro atoms. The van der Waals surface area contributed by atoms with Crippen molar-refractivity contribution in [3.05, 3.63) is 11.8 Å². The lowest BCUT2D eigenvalue weighted by Crippen LogP contribution is -2.39. The van der Waals surface area contributed by atoms with E-state index in [1.165, 1.54) is 0 Å². The topological polar surface area (TPSA) is 66.8 Å². The molecular weight excluding hydrogens is 208 g/mol. The van der Waals surface area contributed by atoms with E-state index in [-0.39, 0.29) is 6.10 Å². The molecule has 4 heteroatoms. The first kappa shape index (κ1) is 11.5. The summed E-state index contributed by atoms with van der Waals surface area (Å²) in [6.07, 6.45) is 5.20. The Morgan fingerprint density at radius 2 is 2.12 bits per heavy atom. The lowest BCUT2D eigenvalue weighted by atomic mass is 9.67. The first-order chi connectivity index (χ1) is 7.65. The average molecular weight is 226 g/mol. The summed E-state index contributed by atoms with van der Waals surface area (Å²) in [7, 11) is 0. The summed E-state index contributed by atoms with van der Waals surface area (Å²) < 4.78 is 5.25. The third-order valence-electron chi connectivity index (χ3n) is 3.77. The van der Waals surface area contributed by atoms with Gasteiger partial charge in [-0.15, -0.1) is 0 Å². The highest BCUT2D eigenvalue weighted by Crippen LogP contribution is 2.45. The average Bonchev–Trinajstić information content (AvgIpc) is 2.31. The number of rotatable bonds is 2. The third kappa shape index (κ3) is 1.94. The zero-order valence-electron chi connectivity index (χ0n) is 9.32. The van der Waals surface area contributed by atoms with Crippen LogP contribution in [0.1, 0.15) is 38.5 Å². The summed E-state index contributed by atoms with van der Waals surface area (Å²) >= 11 is 0. The highest BCUT2D eigenvalue weighted by atomic mass is 16.5. The lowest BCUT2D eigenvalue weighted by Gasteiger charge is -2.38. The first-order valence-corrected chi connectivity index (χ1v) is 5.88. The Morgan fingerprint density at radius 3 is 2.62 bits per heavy atom. The van der Waals surface area contributed by atoms with E-state index in [4.69, 9.17) is 4.74 Å². The van der Waals surface area contributed by atoms with Crippen LogP contribution in [0.3, 0.4) is 0 Å². The van der Waals surface area contributed by atoms with Gasteiger partial charge in [0.25, 0.3) is 0 Å². The highest BCUT2D eigenvalue weighted by molar-refractivity contribution is 5.78. The van der Waals surface area contributed by atoms with Gasteiger partial charge in [0, 0.05) is 0 Å². The standard InChI is InChI=1S/C12H18O4/c13-10-3-5-12(6-4-10,11(14)15)9-2-1-7-16-8-9/h8,10,13H,1-7H2,(H,14,15). The van der Waals surface area contributed by atoms with E-state index in [2.05, 4.69) is 0 Å². The molecule has 0 atom stereocenters. The maximum absolute atomic E-state index is 11.5. The summed E-state index contributed by atoms with van der Waals surface area (Å²) in [4.78, 5) is 11.5. The van der Waals surface area contributed by atoms with E-state index >= 15 is 0 Å². The maximum Gasteiger partial charge on any atom is 0.313 e.